The highest BCUT2D eigenvalue weighted by atomic mass is 19.1. The Hall–Kier alpha value is -2.89. The predicted octanol–water partition coefficient (Wildman–Crippen LogP) is 2.57. The number of carbonyl (C=O) groups excluding carboxylic acids is 2. The van der Waals surface area contributed by atoms with E-state index in [0.717, 1.165) is 5.69 Å². The lowest BCUT2D eigenvalue weighted by atomic mass is 10.1. The third-order valence-corrected chi connectivity index (χ3v) is 4.29. The van der Waals surface area contributed by atoms with Crippen molar-refractivity contribution in [2.45, 2.75) is 0 Å². The van der Waals surface area contributed by atoms with Gasteiger partial charge in [-0.2, -0.15) is 0 Å². The molecular weight excluding hydrogens is 323 g/mol. The van der Waals surface area contributed by atoms with Gasteiger partial charge in [0, 0.05) is 37.4 Å². The van der Waals surface area contributed by atoms with Gasteiger partial charge in [-0.1, -0.05) is 6.07 Å². The van der Waals surface area contributed by atoms with E-state index >= 15 is 0 Å². The topological polar surface area (TPSA) is 49.9 Å². The van der Waals surface area contributed by atoms with Gasteiger partial charge in [-0.15, -0.1) is 0 Å². The number of nitrogens with zero attached hydrogens (tertiary/aromatic N) is 2. The number of hydrogen-bond acceptors (Lipinski definition) is 4. The van der Waals surface area contributed by atoms with Crippen molar-refractivity contribution in [1.82, 2.24) is 4.90 Å². The van der Waals surface area contributed by atoms with Crippen LogP contribution in [0.1, 0.15) is 20.7 Å². The first kappa shape index (κ1) is 17.0. The Labute approximate surface area is 145 Å². The van der Waals surface area contributed by atoms with E-state index in [2.05, 4.69) is 4.90 Å². The van der Waals surface area contributed by atoms with Gasteiger partial charge in [-0.05, 0) is 42.5 Å². The molecule has 1 amide bonds. The normalized spacial score (nSPS) is 14.3. The molecule has 25 heavy (non-hydrogen) atoms. The number of halogens is 1. The Balaban J connectivity index is 1.65. The number of benzene rings is 2. The smallest absolute Gasteiger partial charge is 0.337 e. The number of hydrogen-bond donors (Lipinski definition) is 0. The average Bonchev–Trinajstić information content (AvgIpc) is 2.67. The Morgan fingerprint density at radius 2 is 1.60 bits per heavy atom. The molecule has 0 atom stereocenters. The Kier molecular flexibility index (Phi) is 4.97. The van der Waals surface area contributed by atoms with Crippen molar-refractivity contribution >= 4 is 17.6 Å². The van der Waals surface area contributed by atoms with Crippen molar-refractivity contribution in [3.05, 3.63) is 65.5 Å². The van der Waals surface area contributed by atoms with Gasteiger partial charge < -0.3 is 14.5 Å². The highest BCUT2D eigenvalue weighted by molar-refractivity contribution is 5.98. The van der Waals surface area contributed by atoms with Crippen LogP contribution >= 0.6 is 0 Å². The van der Waals surface area contributed by atoms with Gasteiger partial charge >= 0.3 is 5.97 Å². The van der Waals surface area contributed by atoms with Crippen molar-refractivity contribution in [3.8, 4) is 0 Å². The second kappa shape index (κ2) is 7.34. The SMILES string of the molecule is COC(=O)c1cccc(C(=O)N2CCN(c3ccc(F)cc3)CC2)c1. The zero-order chi connectivity index (χ0) is 17.8. The van der Waals surface area contributed by atoms with Crippen LogP contribution in [0.5, 0.6) is 0 Å². The number of ether oxygens (including phenoxy) is 1. The highest BCUT2D eigenvalue weighted by Gasteiger charge is 2.23. The molecule has 0 aromatic heterocycles. The van der Waals surface area contributed by atoms with Crippen LogP contribution in [0.2, 0.25) is 0 Å². The molecule has 3 rings (SSSR count). The van der Waals surface area contributed by atoms with Gasteiger partial charge in [-0.3, -0.25) is 4.79 Å². The summed E-state index contributed by atoms with van der Waals surface area (Å²) >= 11 is 0. The number of carbonyl (C=O) groups is 2. The fourth-order valence-corrected chi connectivity index (χ4v) is 2.90. The Morgan fingerprint density at radius 1 is 0.960 bits per heavy atom. The monoisotopic (exact) mass is 342 g/mol. The number of methoxy groups -OCH3 is 1. The maximum absolute atomic E-state index is 13.0. The van der Waals surface area contributed by atoms with Gasteiger partial charge in [0.1, 0.15) is 5.82 Å². The number of piperazine rings is 1. The lowest BCUT2D eigenvalue weighted by Gasteiger charge is -2.36. The predicted molar refractivity (Wildman–Crippen MR) is 92.3 cm³/mol. The van der Waals surface area contributed by atoms with E-state index in [-0.39, 0.29) is 11.7 Å². The van der Waals surface area contributed by atoms with E-state index in [1.807, 2.05) is 0 Å². The van der Waals surface area contributed by atoms with Crippen LogP contribution in [0.25, 0.3) is 0 Å². The van der Waals surface area contributed by atoms with E-state index in [1.54, 1.807) is 41.3 Å². The molecule has 0 bridgehead atoms. The van der Waals surface area contributed by atoms with Crippen LogP contribution in [0.15, 0.2) is 48.5 Å². The van der Waals surface area contributed by atoms with Crippen LogP contribution in [0.3, 0.4) is 0 Å². The molecule has 1 aliphatic heterocycles. The average molecular weight is 342 g/mol. The second-order valence-electron chi connectivity index (χ2n) is 5.83. The van der Waals surface area contributed by atoms with Gasteiger partial charge in [0.15, 0.2) is 0 Å². The zero-order valence-corrected chi connectivity index (χ0v) is 13.9. The molecule has 5 nitrogen and oxygen atoms in total. The summed E-state index contributed by atoms with van der Waals surface area (Å²) in [4.78, 5) is 28.1. The lowest BCUT2D eigenvalue weighted by molar-refractivity contribution is 0.0600. The van der Waals surface area contributed by atoms with Crippen LogP contribution in [-0.2, 0) is 4.74 Å². The molecule has 0 radical (unpaired) electrons. The first-order chi connectivity index (χ1) is 12.1. The molecule has 0 spiro atoms. The minimum absolute atomic E-state index is 0.107. The van der Waals surface area contributed by atoms with Crippen LogP contribution < -0.4 is 4.90 Å². The van der Waals surface area contributed by atoms with E-state index in [4.69, 9.17) is 4.74 Å². The van der Waals surface area contributed by atoms with Crippen LogP contribution in [0.4, 0.5) is 10.1 Å². The van der Waals surface area contributed by atoms with Crippen molar-refractivity contribution in [2.75, 3.05) is 38.2 Å². The summed E-state index contributed by atoms with van der Waals surface area (Å²) in [6.45, 7) is 2.49. The van der Waals surface area contributed by atoms with E-state index < -0.39 is 5.97 Å². The molecule has 0 N–H and O–H groups in total. The van der Waals surface area contributed by atoms with E-state index in [9.17, 15) is 14.0 Å². The quantitative estimate of drug-likeness (QED) is 0.805. The van der Waals surface area contributed by atoms with Crippen molar-refractivity contribution in [1.29, 1.82) is 0 Å². The first-order valence-corrected chi connectivity index (χ1v) is 8.06. The minimum atomic E-state index is -0.462. The van der Waals surface area contributed by atoms with E-state index in [1.165, 1.54) is 19.2 Å². The van der Waals surface area contributed by atoms with Crippen LogP contribution in [0, 0.1) is 5.82 Å². The van der Waals surface area contributed by atoms with Crippen molar-refractivity contribution in [3.63, 3.8) is 0 Å². The summed E-state index contributed by atoms with van der Waals surface area (Å²) in [5.74, 6) is -0.830. The molecule has 0 saturated carbocycles. The maximum atomic E-state index is 13.0. The summed E-state index contributed by atoms with van der Waals surface area (Å²) in [5.41, 5.74) is 1.78. The summed E-state index contributed by atoms with van der Waals surface area (Å²) in [6, 6.07) is 12.9. The van der Waals surface area contributed by atoms with Crippen molar-refractivity contribution < 1.29 is 18.7 Å². The molecule has 0 aliphatic carbocycles. The molecule has 1 saturated heterocycles. The summed E-state index contributed by atoms with van der Waals surface area (Å²) in [7, 11) is 1.31. The number of rotatable bonds is 3. The number of amides is 1. The molecular formula is C19H19FN2O3. The summed E-state index contributed by atoms with van der Waals surface area (Å²) < 4.78 is 17.7. The molecule has 2 aromatic rings. The standard InChI is InChI=1S/C19H19FN2O3/c1-25-19(24)15-4-2-3-14(13-15)18(23)22-11-9-21(10-12-22)17-7-5-16(20)6-8-17/h2-8,13H,9-12H2,1H3. The molecule has 2 aromatic carbocycles. The van der Waals surface area contributed by atoms with Gasteiger partial charge in [0.05, 0.1) is 12.7 Å². The van der Waals surface area contributed by atoms with Gasteiger partial charge in [0.25, 0.3) is 5.91 Å². The lowest BCUT2D eigenvalue weighted by Crippen LogP contribution is -2.48. The summed E-state index contributed by atoms with van der Waals surface area (Å²) in [5, 5.41) is 0. The number of anilines is 1. The Morgan fingerprint density at radius 3 is 2.24 bits per heavy atom. The molecule has 1 aliphatic rings. The van der Waals surface area contributed by atoms with Crippen LogP contribution in [-0.4, -0.2) is 50.1 Å². The van der Waals surface area contributed by atoms with Gasteiger partial charge in [-0.25, -0.2) is 9.18 Å². The zero-order valence-electron chi connectivity index (χ0n) is 13.9. The third-order valence-electron chi connectivity index (χ3n) is 4.29. The molecule has 1 fully saturated rings. The molecule has 0 unspecified atom stereocenters. The fourth-order valence-electron chi connectivity index (χ4n) is 2.90. The molecule has 6 heteroatoms. The van der Waals surface area contributed by atoms with E-state index in [0.29, 0.717) is 37.3 Å². The molecule has 1 heterocycles. The Bertz CT molecular complexity index is 768. The third kappa shape index (κ3) is 3.79. The summed E-state index contributed by atoms with van der Waals surface area (Å²) in [6.07, 6.45) is 0. The first-order valence-electron chi connectivity index (χ1n) is 8.06. The molecule has 130 valence electrons. The number of esters is 1. The second-order valence-corrected chi connectivity index (χ2v) is 5.83. The van der Waals surface area contributed by atoms with Gasteiger partial charge in [0.2, 0.25) is 0 Å². The largest absolute Gasteiger partial charge is 0.465 e. The minimum Gasteiger partial charge on any atom is -0.465 e. The highest BCUT2D eigenvalue weighted by Crippen LogP contribution is 2.18. The fraction of sp³-hybridized carbons (Fsp3) is 0.263. The maximum Gasteiger partial charge on any atom is 0.337 e. The van der Waals surface area contributed by atoms with Crippen molar-refractivity contribution in [2.24, 2.45) is 0 Å².